The molecule has 0 saturated heterocycles. The molecule has 2 aromatic heterocycles. The van der Waals surface area contributed by atoms with E-state index in [2.05, 4.69) is 5.32 Å². The zero-order chi connectivity index (χ0) is 24.4. The largest absolute Gasteiger partial charge is 0.462 e. The number of aromatic nitrogens is 1. The van der Waals surface area contributed by atoms with Gasteiger partial charge in [0.1, 0.15) is 5.00 Å². The van der Waals surface area contributed by atoms with Crippen molar-refractivity contribution in [2.45, 2.75) is 58.3 Å². The first kappa shape index (κ1) is 23.5. The van der Waals surface area contributed by atoms with Crippen molar-refractivity contribution in [3.05, 3.63) is 57.1 Å². The topological polar surface area (TPSA) is 94.6 Å². The number of hydrogen-bond donors (Lipinski definition) is 1. The highest BCUT2D eigenvalue weighted by Gasteiger charge is 2.29. The van der Waals surface area contributed by atoms with Crippen molar-refractivity contribution in [2.24, 2.45) is 0 Å². The van der Waals surface area contributed by atoms with Gasteiger partial charge < -0.3 is 14.8 Å². The van der Waals surface area contributed by atoms with Crippen molar-refractivity contribution in [2.75, 3.05) is 18.5 Å². The van der Waals surface area contributed by atoms with Crippen molar-refractivity contribution in [1.29, 1.82) is 0 Å². The molecular formula is C27H28N2O5S. The number of ether oxygens (including phenoxy) is 2. The number of anilines is 1. The first-order valence-electron chi connectivity index (χ1n) is 12.3. The maximum atomic E-state index is 13.3. The van der Waals surface area contributed by atoms with E-state index >= 15 is 0 Å². The summed E-state index contributed by atoms with van der Waals surface area (Å²) in [7, 11) is 0. The van der Waals surface area contributed by atoms with Crippen LogP contribution in [0.4, 0.5) is 5.00 Å². The van der Waals surface area contributed by atoms with Crippen LogP contribution >= 0.6 is 11.3 Å². The predicted octanol–water partition coefficient (Wildman–Crippen LogP) is 5.03. The van der Waals surface area contributed by atoms with Crippen molar-refractivity contribution in [3.63, 3.8) is 0 Å². The molecule has 1 aromatic carbocycles. The average molecular weight is 493 g/mol. The molecule has 0 radical (unpaired) electrons. The lowest BCUT2D eigenvalue weighted by atomic mass is 9.97. The lowest BCUT2D eigenvalue weighted by Crippen LogP contribution is -2.23. The highest BCUT2D eigenvalue weighted by Crippen LogP contribution is 2.39. The number of benzene rings is 1. The zero-order valence-corrected chi connectivity index (χ0v) is 20.6. The van der Waals surface area contributed by atoms with Crippen molar-refractivity contribution in [1.82, 2.24) is 4.98 Å². The van der Waals surface area contributed by atoms with Gasteiger partial charge in [0.25, 0.3) is 5.91 Å². The van der Waals surface area contributed by atoms with Gasteiger partial charge in [0.15, 0.2) is 6.61 Å². The maximum absolute atomic E-state index is 13.3. The fraction of sp³-hybridized carbons (Fsp3) is 0.407. The van der Waals surface area contributed by atoms with E-state index in [-0.39, 0.29) is 6.61 Å². The fourth-order valence-corrected chi connectivity index (χ4v) is 6.35. The van der Waals surface area contributed by atoms with Gasteiger partial charge >= 0.3 is 11.9 Å². The molecule has 3 aromatic rings. The summed E-state index contributed by atoms with van der Waals surface area (Å²) < 4.78 is 10.7. The molecule has 35 heavy (non-hydrogen) atoms. The number of rotatable bonds is 6. The first-order chi connectivity index (χ1) is 17.1. The molecule has 0 bridgehead atoms. The van der Waals surface area contributed by atoms with Gasteiger partial charge in [-0.15, -0.1) is 11.3 Å². The summed E-state index contributed by atoms with van der Waals surface area (Å²) in [5.41, 5.74) is 4.57. The number of thiophene rings is 1. The second kappa shape index (κ2) is 10.2. The lowest BCUT2D eigenvalue weighted by molar-refractivity contribution is -0.119. The summed E-state index contributed by atoms with van der Waals surface area (Å²) >= 11 is 1.40. The Balaban J connectivity index is 1.35. The second-order valence-electron chi connectivity index (χ2n) is 8.90. The minimum absolute atomic E-state index is 0.263. The van der Waals surface area contributed by atoms with Gasteiger partial charge in [0.05, 0.1) is 23.3 Å². The van der Waals surface area contributed by atoms with Gasteiger partial charge in [0.2, 0.25) is 0 Å². The smallest absolute Gasteiger partial charge is 0.341 e. The van der Waals surface area contributed by atoms with Gasteiger partial charge in [-0.05, 0) is 69.1 Å². The number of esters is 2. The van der Waals surface area contributed by atoms with Crippen LogP contribution in [0, 0.1) is 0 Å². The van der Waals surface area contributed by atoms with E-state index in [1.165, 1.54) is 11.3 Å². The third-order valence-electron chi connectivity index (χ3n) is 6.61. The minimum atomic E-state index is -0.517. The number of nitrogens with zero attached hydrogens (tertiary/aromatic N) is 1. The molecule has 0 fully saturated rings. The van der Waals surface area contributed by atoms with Crippen LogP contribution in [0.15, 0.2) is 24.3 Å². The number of carbonyl (C=O) groups is 3. The molecule has 0 spiro atoms. The molecule has 5 rings (SSSR count). The molecule has 0 atom stereocenters. The number of fused-ring (bicyclic) bond motifs is 3. The molecule has 2 heterocycles. The number of amides is 1. The van der Waals surface area contributed by atoms with Crippen molar-refractivity contribution in [3.8, 4) is 0 Å². The zero-order valence-electron chi connectivity index (χ0n) is 19.8. The van der Waals surface area contributed by atoms with E-state index < -0.39 is 24.5 Å². The molecule has 8 heteroatoms. The molecule has 182 valence electrons. The summed E-state index contributed by atoms with van der Waals surface area (Å²) in [6.45, 7) is 1.58. The Labute approximate surface area is 207 Å². The Hall–Kier alpha value is -3.26. The first-order valence-corrected chi connectivity index (χ1v) is 13.1. The summed E-state index contributed by atoms with van der Waals surface area (Å²) in [6.07, 6.45) is 7.41. The molecule has 2 aliphatic rings. The van der Waals surface area contributed by atoms with Crippen LogP contribution in [-0.2, 0) is 40.0 Å². The average Bonchev–Trinajstić information content (AvgIpc) is 3.34. The minimum Gasteiger partial charge on any atom is -0.462 e. The normalized spacial score (nSPS) is 14.7. The van der Waals surface area contributed by atoms with Crippen LogP contribution in [0.5, 0.6) is 0 Å². The number of pyridine rings is 1. The SMILES string of the molecule is CCOC(=O)c1c(NC(=O)COC(=O)c2c3c(nc4ccccc24)CCCCC3)sc2c1CCC2. The molecular weight excluding hydrogens is 464 g/mol. The number of aryl methyl sites for hydroxylation is 2. The summed E-state index contributed by atoms with van der Waals surface area (Å²) in [6, 6.07) is 7.56. The van der Waals surface area contributed by atoms with E-state index in [4.69, 9.17) is 14.5 Å². The van der Waals surface area contributed by atoms with Gasteiger partial charge in [-0.3, -0.25) is 9.78 Å². The number of nitrogens with one attached hydrogen (secondary N) is 1. The van der Waals surface area contributed by atoms with E-state index in [1.54, 1.807) is 6.92 Å². The summed E-state index contributed by atoms with van der Waals surface area (Å²) in [5.74, 6) is -1.42. The predicted molar refractivity (Wildman–Crippen MR) is 134 cm³/mol. The van der Waals surface area contributed by atoms with E-state index in [9.17, 15) is 14.4 Å². The Bertz CT molecular complexity index is 1310. The number of para-hydroxylation sites is 1. The van der Waals surface area contributed by atoms with Gasteiger partial charge in [0, 0.05) is 16.0 Å². The monoisotopic (exact) mass is 492 g/mol. The standard InChI is InChI=1S/C27H28N2O5S/c1-2-33-27(32)24-18-11-8-14-21(18)35-25(24)29-22(30)15-34-26(31)23-16-9-4-3-5-12-19(16)28-20-13-7-6-10-17(20)23/h6-7,10,13H,2-5,8-9,11-12,14-15H2,1H3,(H,29,30). The molecule has 0 unspecified atom stereocenters. The highest BCUT2D eigenvalue weighted by atomic mass is 32.1. The lowest BCUT2D eigenvalue weighted by Gasteiger charge is -2.15. The van der Waals surface area contributed by atoms with Gasteiger partial charge in [-0.1, -0.05) is 24.6 Å². The molecule has 0 aliphatic heterocycles. The third kappa shape index (κ3) is 4.67. The van der Waals surface area contributed by atoms with Crippen LogP contribution in [0.2, 0.25) is 0 Å². The van der Waals surface area contributed by atoms with Crippen LogP contribution < -0.4 is 5.32 Å². The van der Waals surface area contributed by atoms with E-state index in [1.807, 2.05) is 24.3 Å². The molecule has 0 saturated carbocycles. The quantitative estimate of drug-likeness (QED) is 0.383. The Morgan fingerprint density at radius 1 is 0.914 bits per heavy atom. The number of hydrogen-bond acceptors (Lipinski definition) is 7. The number of carbonyl (C=O) groups excluding carboxylic acids is 3. The highest BCUT2D eigenvalue weighted by molar-refractivity contribution is 7.17. The van der Waals surface area contributed by atoms with E-state index in [0.717, 1.165) is 84.0 Å². The fourth-order valence-electron chi connectivity index (χ4n) is 5.06. The molecule has 7 nitrogen and oxygen atoms in total. The molecule has 1 N–H and O–H groups in total. The maximum Gasteiger partial charge on any atom is 0.341 e. The van der Waals surface area contributed by atoms with Crippen LogP contribution in [0.3, 0.4) is 0 Å². The van der Waals surface area contributed by atoms with Crippen LogP contribution in [0.25, 0.3) is 10.9 Å². The van der Waals surface area contributed by atoms with E-state index in [0.29, 0.717) is 16.1 Å². The second-order valence-corrected chi connectivity index (χ2v) is 10.0. The summed E-state index contributed by atoms with van der Waals surface area (Å²) in [4.78, 5) is 44.5. The Morgan fingerprint density at radius 3 is 2.54 bits per heavy atom. The molecule has 2 aliphatic carbocycles. The van der Waals surface area contributed by atoms with Crippen LogP contribution in [-0.4, -0.2) is 36.0 Å². The van der Waals surface area contributed by atoms with Crippen molar-refractivity contribution >= 4 is 45.1 Å². The summed E-state index contributed by atoms with van der Waals surface area (Å²) in [5, 5.41) is 4.00. The van der Waals surface area contributed by atoms with Gasteiger partial charge in [-0.25, -0.2) is 9.59 Å². The Kier molecular flexibility index (Phi) is 6.81. The third-order valence-corrected chi connectivity index (χ3v) is 7.82. The van der Waals surface area contributed by atoms with Gasteiger partial charge in [-0.2, -0.15) is 0 Å². The van der Waals surface area contributed by atoms with Crippen LogP contribution in [0.1, 0.15) is 75.0 Å². The Morgan fingerprint density at radius 2 is 1.69 bits per heavy atom. The van der Waals surface area contributed by atoms with Crippen molar-refractivity contribution < 1.29 is 23.9 Å². The molecule has 1 amide bonds.